The quantitative estimate of drug-likeness (QED) is 0.897. The second-order valence-corrected chi connectivity index (χ2v) is 6.15. The molecule has 1 aromatic carbocycles. The van der Waals surface area contributed by atoms with Gasteiger partial charge in [-0.25, -0.2) is 0 Å². The summed E-state index contributed by atoms with van der Waals surface area (Å²) < 4.78 is 0. The number of carbonyl (C=O) groups is 1. The standard InChI is InChI=1S/C17H24N2O/c1-13(20)19-9-3-5-16-11-14(6-7-17(16)19)10-15-4-2-8-18-12-15/h6-7,11,15,18H,2-5,8-10,12H2,1H3. The molecule has 2 heterocycles. The van der Waals surface area contributed by atoms with Gasteiger partial charge in [0, 0.05) is 19.2 Å². The highest BCUT2D eigenvalue weighted by Gasteiger charge is 2.21. The van der Waals surface area contributed by atoms with Crippen LogP contribution in [0.4, 0.5) is 5.69 Å². The van der Waals surface area contributed by atoms with Gasteiger partial charge in [0.05, 0.1) is 0 Å². The van der Waals surface area contributed by atoms with Gasteiger partial charge in [0.1, 0.15) is 0 Å². The van der Waals surface area contributed by atoms with Crippen LogP contribution in [0.3, 0.4) is 0 Å². The molecular formula is C17H24N2O. The van der Waals surface area contributed by atoms with Gasteiger partial charge >= 0.3 is 0 Å². The van der Waals surface area contributed by atoms with Crippen LogP contribution in [0.15, 0.2) is 18.2 Å². The summed E-state index contributed by atoms with van der Waals surface area (Å²) in [5.41, 5.74) is 3.92. The molecule has 0 bridgehead atoms. The Morgan fingerprint density at radius 1 is 1.40 bits per heavy atom. The lowest BCUT2D eigenvalue weighted by Gasteiger charge is -2.29. The Balaban J connectivity index is 1.76. The van der Waals surface area contributed by atoms with Gasteiger partial charge in [-0.05, 0) is 68.3 Å². The van der Waals surface area contributed by atoms with Crippen molar-refractivity contribution in [2.45, 2.75) is 39.0 Å². The number of nitrogens with one attached hydrogen (secondary N) is 1. The van der Waals surface area contributed by atoms with Gasteiger partial charge in [-0.3, -0.25) is 4.79 Å². The van der Waals surface area contributed by atoms with E-state index in [0.717, 1.165) is 37.5 Å². The molecule has 0 saturated carbocycles. The lowest BCUT2D eigenvalue weighted by Crippen LogP contribution is -2.33. The summed E-state index contributed by atoms with van der Waals surface area (Å²) in [5.74, 6) is 0.935. The molecule has 0 spiro atoms. The number of piperidine rings is 1. The van der Waals surface area contributed by atoms with E-state index in [1.807, 2.05) is 4.90 Å². The average Bonchev–Trinajstić information content (AvgIpc) is 2.47. The van der Waals surface area contributed by atoms with E-state index >= 15 is 0 Å². The van der Waals surface area contributed by atoms with Crippen molar-refractivity contribution in [3.63, 3.8) is 0 Å². The fourth-order valence-corrected chi connectivity index (χ4v) is 3.54. The number of hydrogen-bond acceptors (Lipinski definition) is 2. The maximum Gasteiger partial charge on any atom is 0.223 e. The van der Waals surface area contributed by atoms with Gasteiger partial charge < -0.3 is 10.2 Å². The SMILES string of the molecule is CC(=O)N1CCCc2cc(CC3CCCNC3)ccc21. The summed E-state index contributed by atoms with van der Waals surface area (Å²) in [6.07, 6.45) is 5.99. The second kappa shape index (κ2) is 5.96. The van der Waals surface area contributed by atoms with Crippen molar-refractivity contribution >= 4 is 11.6 Å². The number of anilines is 1. The van der Waals surface area contributed by atoms with E-state index in [4.69, 9.17) is 0 Å². The summed E-state index contributed by atoms with van der Waals surface area (Å²) in [4.78, 5) is 13.6. The lowest BCUT2D eigenvalue weighted by molar-refractivity contribution is -0.116. The molecule has 0 radical (unpaired) electrons. The van der Waals surface area contributed by atoms with Crippen LogP contribution >= 0.6 is 0 Å². The predicted molar refractivity (Wildman–Crippen MR) is 82.1 cm³/mol. The van der Waals surface area contributed by atoms with E-state index in [1.54, 1.807) is 6.92 Å². The Hall–Kier alpha value is -1.35. The van der Waals surface area contributed by atoms with Gasteiger partial charge in [-0.15, -0.1) is 0 Å². The molecule has 1 unspecified atom stereocenters. The fourth-order valence-electron chi connectivity index (χ4n) is 3.54. The number of fused-ring (bicyclic) bond motifs is 1. The minimum atomic E-state index is 0.162. The Labute approximate surface area is 121 Å². The summed E-state index contributed by atoms with van der Waals surface area (Å²) in [6, 6.07) is 6.70. The topological polar surface area (TPSA) is 32.3 Å². The molecule has 1 amide bonds. The third kappa shape index (κ3) is 2.88. The summed E-state index contributed by atoms with van der Waals surface area (Å²) >= 11 is 0. The highest BCUT2D eigenvalue weighted by atomic mass is 16.2. The zero-order valence-electron chi connectivity index (χ0n) is 12.3. The van der Waals surface area contributed by atoms with Crippen LogP contribution in [0, 0.1) is 5.92 Å². The number of hydrogen-bond donors (Lipinski definition) is 1. The first-order chi connectivity index (χ1) is 9.74. The molecule has 3 rings (SSSR count). The van der Waals surface area contributed by atoms with Crippen LogP contribution in [0.1, 0.15) is 37.3 Å². The molecule has 0 aromatic heterocycles. The van der Waals surface area contributed by atoms with Crippen LogP contribution in [0.25, 0.3) is 0 Å². The summed E-state index contributed by atoms with van der Waals surface area (Å²) in [6.45, 7) is 4.86. The van der Waals surface area contributed by atoms with Crippen molar-refractivity contribution in [3.05, 3.63) is 29.3 Å². The van der Waals surface area contributed by atoms with Gasteiger partial charge in [-0.1, -0.05) is 12.1 Å². The molecule has 2 aliphatic heterocycles. The zero-order valence-corrected chi connectivity index (χ0v) is 12.3. The Morgan fingerprint density at radius 3 is 3.05 bits per heavy atom. The van der Waals surface area contributed by atoms with E-state index < -0.39 is 0 Å². The molecule has 108 valence electrons. The molecule has 3 heteroatoms. The van der Waals surface area contributed by atoms with Crippen LogP contribution < -0.4 is 10.2 Å². The Morgan fingerprint density at radius 2 is 2.30 bits per heavy atom. The highest BCUT2D eigenvalue weighted by molar-refractivity contribution is 5.92. The summed E-state index contributed by atoms with van der Waals surface area (Å²) in [7, 11) is 0. The molecule has 2 aliphatic rings. The molecule has 1 N–H and O–H groups in total. The molecular weight excluding hydrogens is 248 g/mol. The van der Waals surface area contributed by atoms with Crippen molar-refractivity contribution in [2.75, 3.05) is 24.5 Å². The number of amides is 1. The number of rotatable bonds is 2. The van der Waals surface area contributed by atoms with Crippen LogP contribution in [-0.4, -0.2) is 25.5 Å². The zero-order chi connectivity index (χ0) is 13.9. The van der Waals surface area contributed by atoms with Crippen LogP contribution in [-0.2, 0) is 17.6 Å². The Bertz CT molecular complexity index is 492. The maximum atomic E-state index is 11.7. The number of benzene rings is 1. The first-order valence-electron chi connectivity index (χ1n) is 7.84. The third-order valence-corrected chi connectivity index (χ3v) is 4.57. The van der Waals surface area contributed by atoms with Gasteiger partial charge in [0.25, 0.3) is 0 Å². The fraction of sp³-hybridized carbons (Fsp3) is 0.588. The van der Waals surface area contributed by atoms with E-state index in [1.165, 1.54) is 36.9 Å². The van der Waals surface area contributed by atoms with E-state index in [9.17, 15) is 4.79 Å². The van der Waals surface area contributed by atoms with Crippen molar-refractivity contribution in [3.8, 4) is 0 Å². The van der Waals surface area contributed by atoms with Crippen LogP contribution in [0.5, 0.6) is 0 Å². The maximum absolute atomic E-state index is 11.7. The molecule has 1 aromatic rings. The molecule has 1 saturated heterocycles. The summed E-state index contributed by atoms with van der Waals surface area (Å²) in [5, 5.41) is 3.49. The minimum Gasteiger partial charge on any atom is -0.316 e. The van der Waals surface area contributed by atoms with Crippen LogP contribution in [0.2, 0.25) is 0 Å². The van der Waals surface area contributed by atoms with E-state index in [-0.39, 0.29) is 5.91 Å². The molecule has 3 nitrogen and oxygen atoms in total. The smallest absolute Gasteiger partial charge is 0.223 e. The molecule has 0 aliphatic carbocycles. The highest BCUT2D eigenvalue weighted by Crippen LogP contribution is 2.29. The van der Waals surface area contributed by atoms with Gasteiger partial charge in [-0.2, -0.15) is 0 Å². The normalized spacial score (nSPS) is 22.4. The minimum absolute atomic E-state index is 0.162. The lowest BCUT2D eigenvalue weighted by atomic mass is 9.90. The number of nitrogens with zero attached hydrogens (tertiary/aromatic N) is 1. The molecule has 1 atom stereocenters. The molecule has 1 fully saturated rings. The van der Waals surface area contributed by atoms with E-state index in [2.05, 4.69) is 23.5 Å². The predicted octanol–water partition coefficient (Wildman–Crippen LogP) is 2.53. The average molecular weight is 272 g/mol. The van der Waals surface area contributed by atoms with Crippen molar-refractivity contribution in [1.82, 2.24) is 5.32 Å². The van der Waals surface area contributed by atoms with Gasteiger partial charge in [0.2, 0.25) is 5.91 Å². The number of carbonyl (C=O) groups excluding carboxylic acids is 1. The third-order valence-electron chi connectivity index (χ3n) is 4.57. The van der Waals surface area contributed by atoms with Gasteiger partial charge in [0.15, 0.2) is 0 Å². The Kier molecular flexibility index (Phi) is 4.06. The largest absolute Gasteiger partial charge is 0.316 e. The monoisotopic (exact) mass is 272 g/mol. The number of aryl methyl sites for hydroxylation is 1. The molecule has 20 heavy (non-hydrogen) atoms. The van der Waals surface area contributed by atoms with Crippen molar-refractivity contribution in [2.24, 2.45) is 5.92 Å². The first kappa shape index (κ1) is 13.6. The first-order valence-corrected chi connectivity index (χ1v) is 7.84. The second-order valence-electron chi connectivity index (χ2n) is 6.15. The van der Waals surface area contributed by atoms with Crippen molar-refractivity contribution < 1.29 is 4.79 Å². The van der Waals surface area contributed by atoms with Crippen molar-refractivity contribution in [1.29, 1.82) is 0 Å². The van der Waals surface area contributed by atoms with E-state index in [0.29, 0.717) is 0 Å².